The van der Waals surface area contributed by atoms with Crippen molar-refractivity contribution in [2.24, 2.45) is 0 Å². The minimum atomic E-state index is -1.72. The molecule has 10 aliphatic heterocycles. The second kappa shape index (κ2) is 62.2. The average molecular weight is 2090 g/mol. The fourth-order valence-corrected chi connectivity index (χ4v) is 17.6. The zero-order valence-electron chi connectivity index (χ0n) is 79.3. The lowest BCUT2D eigenvalue weighted by atomic mass is 9.91. The largest absolute Gasteiger partial charge is 0.396 e. The minimum Gasteiger partial charge on any atom is -0.396 e. The molecule has 6 unspecified atom stereocenters. The number of aliphatic hydroxyl groups is 37. The van der Waals surface area contributed by atoms with E-state index in [0.29, 0.717) is 25.8 Å². The maximum absolute atomic E-state index is 12.4. The molecule has 0 aliphatic carbocycles. The highest BCUT2D eigenvalue weighted by molar-refractivity contribution is 5.79. The van der Waals surface area contributed by atoms with E-state index < -0.39 is 378 Å². The number of hydrogen-bond donors (Lipinski definition) is 38. The molecule has 0 aromatic heterocycles. The highest BCUT2D eigenvalue weighted by Crippen LogP contribution is 2.38. The Balaban J connectivity index is 0.000000273. The molecular weight excluding hydrogens is 1930 g/mol. The van der Waals surface area contributed by atoms with Gasteiger partial charge in [0.2, 0.25) is 0 Å². The first-order chi connectivity index (χ1) is 67.1. The Morgan fingerprint density at radius 3 is 0.704 bits per heavy atom. The van der Waals surface area contributed by atoms with Crippen LogP contribution < -0.4 is 5.32 Å². The van der Waals surface area contributed by atoms with Gasteiger partial charge in [0.05, 0.1) is 103 Å². The Morgan fingerprint density at radius 2 is 0.472 bits per heavy atom. The van der Waals surface area contributed by atoms with E-state index in [1.165, 1.54) is 40.0 Å². The van der Waals surface area contributed by atoms with Crippen molar-refractivity contribution >= 4 is 17.3 Å². The van der Waals surface area contributed by atoms with E-state index in [0.717, 1.165) is 25.7 Å². The van der Waals surface area contributed by atoms with Gasteiger partial charge in [0.15, 0.2) is 31.5 Å². The average Bonchev–Trinajstić information content (AvgIpc) is 0.796. The highest BCUT2D eigenvalue weighted by atomic mass is 16.8. The van der Waals surface area contributed by atoms with Crippen LogP contribution in [-0.4, -0.2) is 604 Å². The first-order valence-corrected chi connectivity index (χ1v) is 47.6. The molecule has 0 saturated carbocycles. The van der Waals surface area contributed by atoms with Gasteiger partial charge in [-0.05, 0) is 53.5 Å². The van der Waals surface area contributed by atoms with Gasteiger partial charge in [0, 0.05) is 44.8 Å². The van der Waals surface area contributed by atoms with Gasteiger partial charge in [-0.2, -0.15) is 0 Å². The fourth-order valence-electron chi connectivity index (χ4n) is 17.6. The van der Waals surface area contributed by atoms with Crippen LogP contribution in [-0.2, 0) is 85.4 Å². The van der Waals surface area contributed by atoms with Crippen molar-refractivity contribution in [3.63, 3.8) is 0 Å². The van der Waals surface area contributed by atoms with E-state index in [2.05, 4.69) is 12.2 Å². The number of ether oxygens (including phenoxy) is 15. The summed E-state index contributed by atoms with van der Waals surface area (Å²) in [7, 11) is 0. The maximum atomic E-state index is 12.4. The molecule has 0 aromatic rings. The predicted octanol–water partition coefficient (Wildman–Crippen LogP) is -19.2. The van der Waals surface area contributed by atoms with E-state index in [9.17, 15) is 198 Å². The third-order valence-corrected chi connectivity index (χ3v) is 26.0. The first-order valence-electron chi connectivity index (χ1n) is 47.6. The van der Waals surface area contributed by atoms with E-state index in [1.807, 2.05) is 6.92 Å². The molecule has 10 aliphatic rings. The van der Waals surface area contributed by atoms with Crippen molar-refractivity contribution in [2.45, 2.75) is 443 Å². The number of ketones is 3. The lowest BCUT2D eigenvalue weighted by Gasteiger charge is -2.46. The summed E-state index contributed by atoms with van der Waals surface area (Å²) in [6.07, 6.45) is -63.7. The summed E-state index contributed by atoms with van der Waals surface area (Å²) >= 11 is 0. The second-order valence-corrected chi connectivity index (χ2v) is 37.1. The lowest BCUT2D eigenvalue weighted by molar-refractivity contribution is -0.342. The Bertz CT molecular complexity index is 3380. The van der Waals surface area contributed by atoms with Crippen molar-refractivity contribution in [1.82, 2.24) is 5.32 Å². The van der Waals surface area contributed by atoms with Crippen molar-refractivity contribution in [3.8, 4) is 0 Å². The van der Waals surface area contributed by atoms with Crippen LogP contribution in [0.15, 0.2) is 0 Å². The van der Waals surface area contributed by atoms with E-state index >= 15 is 0 Å². The first kappa shape index (κ1) is 128. The number of hydrogen-bond acceptors (Lipinski definition) is 56. The van der Waals surface area contributed by atoms with Crippen molar-refractivity contribution in [1.29, 1.82) is 0 Å². The van der Waals surface area contributed by atoms with Crippen molar-refractivity contribution < 1.29 is 274 Å². The van der Waals surface area contributed by atoms with Gasteiger partial charge in [-0.1, -0.05) is 45.4 Å². The third-order valence-electron chi connectivity index (χ3n) is 26.0. The molecule has 0 bridgehead atoms. The number of aliphatic hydroxyl groups excluding tert-OH is 37. The normalized spacial score (nSPS) is 44.5. The monoisotopic (exact) mass is 2080 g/mol. The van der Waals surface area contributed by atoms with Gasteiger partial charge >= 0.3 is 0 Å². The molecule has 10 fully saturated rings. The number of carbonyl (C=O) groups excluding carboxylic acids is 3. The number of rotatable bonds is 42. The lowest BCUT2D eigenvalue weighted by Crippen LogP contribution is -2.64. The van der Waals surface area contributed by atoms with Crippen LogP contribution in [0.2, 0.25) is 0 Å². The van der Waals surface area contributed by atoms with Gasteiger partial charge in [-0.25, -0.2) is 0 Å². The molecule has 142 heavy (non-hydrogen) atoms. The van der Waals surface area contributed by atoms with Gasteiger partial charge < -0.3 is 265 Å². The molecule has 10 heterocycles. The molecule has 0 spiro atoms. The summed E-state index contributed by atoms with van der Waals surface area (Å²) < 4.78 is 81.0. The van der Waals surface area contributed by atoms with Gasteiger partial charge in [0.25, 0.3) is 0 Å². The number of carbonyl (C=O) groups is 3. The van der Waals surface area contributed by atoms with E-state index in [4.69, 9.17) is 76.2 Å². The quantitative estimate of drug-likeness (QED) is 0.0252. The topological polar surface area (TPSA) is 950 Å². The van der Waals surface area contributed by atoms with Crippen LogP contribution in [0.5, 0.6) is 0 Å². The summed E-state index contributed by atoms with van der Waals surface area (Å²) in [6.45, 7) is 2.35. The number of nitrogens with one attached hydrogen (secondary N) is 1. The van der Waals surface area contributed by atoms with Gasteiger partial charge in [-0.3, -0.25) is 14.4 Å². The molecule has 0 amide bonds. The van der Waals surface area contributed by atoms with Crippen LogP contribution in [0.4, 0.5) is 0 Å². The Kier molecular flexibility index (Phi) is 55.8. The SMILES string of the molecule is CC(=O)C[C@@H]1O[C@H](CO)[C@@H](OC2O[C@H](CO)[C@H](O)[C@H](O)[C@H]2O)[C@H](O)[C@H]1O.CC(=O)C[C@H]1O[C@H](CO)[C@@H](O[C@@H]2O[C@H](CO)[C@H](O)[C@H](O)[C@H]2O)[C@H](O)[C@H]1O.CC(C[C@@H]1O[C@H](CO)[C@@H](OC2O[C@H](CO)[C@H](O)[C@H](O)[C@H]2O)[C@H](O)[C@H]1O)NCCCO.CC(O)C[C@@H]1O[C@H](CO)[C@@H](OC2O[C@H](CO)[C@H](O)[C@H](O)[C@H]2O)[C@H](O)[C@H]1O.CCCCCCCCCC(=O)C[C@@H]1O[C@H](CO)[C@@H](OC2O[C@H](CO)[C@H](O)[C@H](O)[C@H]2O)[C@H](O)[C@H]1O. The molecular formula is C86H157NO55. The Morgan fingerprint density at radius 1 is 0.254 bits per heavy atom. The molecule has 10 rings (SSSR count). The molecule has 38 N–H and O–H groups in total. The number of Topliss-reactive ketones (excluding diaryl/α,β-unsaturated/α-hetero) is 3. The molecule has 836 valence electrons. The Hall–Kier alpha value is -3.11. The van der Waals surface area contributed by atoms with E-state index in [1.54, 1.807) is 0 Å². The van der Waals surface area contributed by atoms with Crippen LogP contribution in [0.3, 0.4) is 0 Å². The molecule has 0 aromatic carbocycles. The smallest absolute Gasteiger partial charge is 0.187 e. The molecule has 0 radical (unpaired) electrons. The number of unbranched alkanes of at least 4 members (excludes halogenated alkanes) is 6. The van der Waals surface area contributed by atoms with Crippen molar-refractivity contribution in [3.05, 3.63) is 0 Å². The van der Waals surface area contributed by atoms with Crippen LogP contribution in [0.25, 0.3) is 0 Å². The van der Waals surface area contributed by atoms with Crippen LogP contribution in [0.1, 0.15) is 125 Å². The zero-order valence-corrected chi connectivity index (χ0v) is 79.3. The Labute approximate surface area is 816 Å². The maximum Gasteiger partial charge on any atom is 0.187 e. The summed E-state index contributed by atoms with van der Waals surface area (Å²) in [5.74, 6) is -0.688. The van der Waals surface area contributed by atoms with Crippen LogP contribution >= 0.6 is 0 Å². The molecule has 56 nitrogen and oxygen atoms in total. The summed E-state index contributed by atoms with van der Waals surface area (Å²) in [5.41, 5.74) is 0. The standard InChI is InChI=1S/C23H42O11.C18H35NO11.C15H28O11.2C15H26O11/c1-2-3-4-5-6-7-8-9-13(26)10-14-17(27)20(30)22(16(12-25)32-14)34-23-21(31)19(29)18(28)15(11-24)33-23;1-8(19-3-2-4-20)5-9-12(23)15(26)17(11(7-22)28-9)30-18-16(27)14(25)13(24)10(6-21)29-18;3*1-5(18)2-6-9(19)12(22)14(8(4-17)24-6)26-15-13(23)11(21)10(20)7(3-16)25-15/h14-25,27-31H,2-12H2,1H3;8-27H,2-7H2,1H3;5-23H,2-4H2,1H3;2*6-17,19-23H,2-4H2,1H3/t14-,15+,16+,17-,18-,19-,20+,21+,22+,23?;8?,9-,10+,11+,12-,13-,14-,15+,16+,17+,18?;5?,6-,7+,8+,9-,10-,11-,12+,13+,14+,15?;6-,7+,8+,9-,10-,11-,12+,13+,14+,15?;6-,7-,8-,9+,10+,11+,12-,13-,14-,15+/m00001/s1. The predicted molar refractivity (Wildman–Crippen MR) is 465 cm³/mol. The van der Waals surface area contributed by atoms with Gasteiger partial charge in [0.1, 0.15) is 262 Å². The minimum absolute atomic E-state index is 0.0154. The molecule has 52 atom stereocenters. The zero-order chi connectivity index (χ0) is 106. The van der Waals surface area contributed by atoms with Gasteiger partial charge in [-0.15, -0.1) is 0 Å². The molecule has 56 heteroatoms. The summed E-state index contributed by atoms with van der Waals surface area (Å²) in [6, 6.07) is -0.106. The van der Waals surface area contributed by atoms with Crippen LogP contribution in [0, 0.1) is 0 Å². The summed E-state index contributed by atoms with van der Waals surface area (Å²) in [4.78, 5) is 34.9. The second-order valence-electron chi connectivity index (χ2n) is 37.1. The fraction of sp³-hybridized carbons (Fsp3) is 0.965. The molecule has 10 saturated heterocycles. The highest BCUT2D eigenvalue weighted by Gasteiger charge is 2.58. The third kappa shape index (κ3) is 34.4. The van der Waals surface area contributed by atoms with E-state index in [-0.39, 0.29) is 55.7 Å². The van der Waals surface area contributed by atoms with Crippen molar-refractivity contribution in [2.75, 3.05) is 79.2 Å². The summed E-state index contributed by atoms with van der Waals surface area (Å²) in [5, 5.41) is 368.